The van der Waals surface area contributed by atoms with Gasteiger partial charge in [0.1, 0.15) is 0 Å². The normalized spacial score (nSPS) is 11.1. The first kappa shape index (κ1) is 47.4. The second kappa shape index (κ2) is 21.5. The summed E-state index contributed by atoms with van der Waals surface area (Å²) < 4.78 is 0. The lowest BCUT2D eigenvalue weighted by Gasteiger charge is -2.27. The molecule has 0 saturated heterocycles. The molecule has 13 aromatic rings. The van der Waals surface area contributed by atoms with Crippen molar-refractivity contribution in [2.45, 2.75) is 0 Å². The van der Waals surface area contributed by atoms with Crippen molar-refractivity contribution < 1.29 is 0 Å². The maximum atomic E-state index is 2.38. The molecule has 13 rings (SSSR count). The van der Waals surface area contributed by atoms with Crippen LogP contribution in [0.15, 0.2) is 328 Å². The Balaban J connectivity index is 0.827. The highest BCUT2D eigenvalue weighted by atomic mass is 15.1. The smallest absolute Gasteiger partial charge is 0.0540 e. The van der Waals surface area contributed by atoms with E-state index in [0.717, 1.165) is 50.8 Å². The Hall–Kier alpha value is -10.3. The third-order valence-corrected chi connectivity index (χ3v) is 14.9. The van der Waals surface area contributed by atoms with E-state index >= 15 is 0 Å². The van der Waals surface area contributed by atoms with Crippen molar-refractivity contribution in [3.63, 3.8) is 0 Å². The predicted molar refractivity (Wildman–Crippen MR) is 331 cm³/mol. The molecule has 78 heavy (non-hydrogen) atoms. The lowest BCUT2D eigenvalue weighted by atomic mass is 9.93. The van der Waals surface area contributed by atoms with Gasteiger partial charge in [-0.3, -0.25) is 0 Å². The molecule has 0 atom stereocenters. The van der Waals surface area contributed by atoms with Crippen LogP contribution in [-0.4, -0.2) is 0 Å². The van der Waals surface area contributed by atoms with Crippen molar-refractivity contribution in [1.82, 2.24) is 0 Å². The molecule has 0 fully saturated rings. The quantitative estimate of drug-likeness (QED) is 0.114. The Morgan fingerprint density at radius 1 is 0.154 bits per heavy atom. The Bertz CT molecular complexity index is 4060. The molecule has 0 amide bonds. The van der Waals surface area contributed by atoms with Crippen LogP contribution in [0.4, 0.5) is 34.1 Å². The molecule has 0 saturated carbocycles. The van der Waals surface area contributed by atoms with E-state index in [1.807, 2.05) is 0 Å². The van der Waals surface area contributed by atoms with Crippen LogP contribution < -0.4 is 9.80 Å². The average Bonchev–Trinajstić information content (AvgIpc) is 3.56. The SMILES string of the molecule is c1ccc(-c2ccc(N(c3ccc(-c4ccc(N(c5ccc(-c6cccc(-c7ccccc7)c6)cc5)c5cccc6ccccc56)cc4)cc3)c3ccc(-c4cc(-c5ccccc5)cc(-c5ccccc5)c4)cc3)cc2)cc1. The van der Waals surface area contributed by atoms with Crippen LogP contribution in [0.2, 0.25) is 0 Å². The van der Waals surface area contributed by atoms with Crippen LogP contribution in [0.3, 0.4) is 0 Å². The Morgan fingerprint density at radius 3 is 0.795 bits per heavy atom. The number of anilines is 6. The molecule has 0 unspecified atom stereocenters. The van der Waals surface area contributed by atoms with Gasteiger partial charge in [0.15, 0.2) is 0 Å². The second-order valence-electron chi connectivity index (χ2n) is 19.7. The zero-order valence-electron chi connectivity index (χ0n) is 43.1. The molecular weight excluding hydrogens is 941 g/mol. The maximum absolute atomic E-state index is 2.38. The van der Waals surface area contributed by atoms with Crippen LogP contribution in [0, 0.1) is 0 Å². The molecule has 368 valence electrons. The van der Waals surface area contributed by atoms with Crippen molar-refractivity contribution in [1.29, 1.82) is 0 Å². The van der Waals surface area contributed by atoms with Gasteiger partial charge >= 0.3 is 0 Å². The molecule has 0 aromatic heterocycles. The van der Waals surface area contributed by atoms with Crippen molar-refractivity contribution >= 4 is 44.9 Å². The number of fused-ring (bicyclic) bond motifs is 1. The van der Waals surface area contributed by atoms with Crippen LogP contribution in [-0.2, 0) is 0 Å². The van der Waals surface area contributed by atoms with E-state index in [2.05, 4.69) is 337 Å². The first-order valence-corrected chi connectivity index (χ1v) is 26.7. The lowest BCUT2D eigenvalue weighted by molar-refractivity contribution is 1.28. The molecule has 0 aliphatic carbocycles. The fraction of sp³-hybridized carbons (Fsp3) is 0. The minimum atomic E-state index is 1.07. The summed E-state index contributed by atoms with van der Waals surface area (Å²) in [5.74, 6) is 0. The van der Waals surface area contributed by atoms with Gasteiger partial charge in [-0.15, -0.1) is 0 Å². The van der Waals surface area contributed by atoms with E-state index in [1.54, 1.807) is 0 Å². The van der Waals surface area contributed by atoms with Crippen LogP contribution >= 0.6 is 0 Å². The summed E-state index contributed by atoms with van der Waals surface area (Å²) in [6, 6.07) is 118. The topological polar surface area (TPSA) is 6.48 Å². The highest BCUT2D eigenvalue weighted by Crippen LogP contribution is 2.43. The minimum Gasteiger partial charge on any atom is -0.311 e. The molecule has 0 spiro atoms. The molecule has 0 aliphatic rings. The van der Waals surface area contributed by atoms with Crippen LogP contribution in [0.5, 0.6) is 0 Å². The van der Waals surface area contributed by atoms with E-state index in [-0.39, 0.29) is 0 Å². The standard InChI is InChI=1S/C76H54N2/c1-5-17-55(18-6-1)59-31-41-70(42-32-59)77(72-45-39-63(40-46-72)69-53-67(57-21-9-3-10-22-57)52-68(54-69)58-23-11-4-12-24-58)71-43-33-60(34-44-71)61-35-47-73(48-36-61)78(76-30-16-26-64-25-13-14-29-75(64)76)74-49-37-62(38-50-74)66-28-15-27-65(51-66)56-19-7-2-8-20-56/h1-54H. The minimum absolute atomic E-state index is 1.07. The summed E-state index contributed by atoms with van der Waals surface area (Å²) in [6.07, 6.45) is 0. The summed E-state index contributed by atoms with van der Waals surface area (Å²) >= 11 is 0. The summed E-state index contributed by atoms with van der Waals surface area (Å²) in [7, 11) is 0. The van der Waals surface area contributed by atoms with E-state index in [0.29, 0.717) is 0 Å². The molecule has 0 N–H and O–H groups in total. The zero-order chi connectivity index (χ0) is 52.0. The number of hydrogen-bond acceptors (Lipinski definition) is 2. The number of nitrogens with zero attached hydrogens (tertiary/aromatic N) is 2. The van der Waals surface area contributed by atoms with Crippen molar-refractivity contribution in [3.05, 3.63) is 328 Å². The molecule has 0 aliphatic heterocycles. The van der Waals surface area contributed by atoms with E-state index < -0.39 is 0 Å². The first-order chi connectivity index (χ1) is 38.6. The summed E-state index contributed by atoms with van der Waals surface area (Å²) in [5, 5.41) is 2.40. The summed E-state index contributed by atoms with van der Waals surface area (Å²) in [4.78, 5) is 4.74. The largest absolute Gasteiger partial charge is 0.311 e. The van der Waals surface area contributed by atoms with Gasteiger partial charge in [0.2, 0.25) is 0 Å². The first-order valence-electron chi connectivity index (χ1n) is 26.7. The third-order valence-electron chi connectivity index (χ3n) is 14.9. The maximum Gasteiger partial charge on any atom is 0.0540 e. The Labute approximate surface area is 457 Å². The van der Waals surface area contributed by atoms with Crippen LogP contribution in [0.1, 0.15) is 0 Å². The Morgan fingerprint density at radius 2 is 0.397 bits per heavy atom. The van der Waals surface area contributed by atoms with E-state index in [4.69, 9.17) is 0 Å². The fourth-order valence-electron chi connectivity index (χ4n) is 10.8. The molecular formula is C76H54N2. The van der Waals surface area contributed by atoms with Gasteiger partial charge in [-0.1, -0.05) is 237 Å². The zero-order valence-corrected chi connectivity index (χ0v) is 43.1. The predicted octanol–water partition coefficient (Wildman–Crippen LogP) is 21.4. The molecule has 0 radical (unpaired) electrons. The number of rotatable bonds is 13. The highest BCUT2D eigenvalue weighted by Gasteiger charge is 2.18. The van der Waals surface area contributed by atoms with Crippen LogP contribution in [0.25, 0.3) is 88.7 Å². The van der Waals surface area contributed by atoms with Gasteiger partial charge < -0.3 is 9.80 Å². The van der Waals surface area contributed by atoms with Gasteiger partial charge in [-0.25, -0.2) is 0 Å². The van der Waals surface area contributed by atoms with Gasteiger partial charge in [-0.05, 0) is 174 Å². The highest BCUT2D eigenvalue weighted by molar-refractivity contribution is 5.99. The van der Waals surface area contributed by atoms with Gasteiger partial charge in [0.05, 0.1) is 5.69 Å². The molecule has 2 nitrogen and oxygen atoms in total. The van der Waals surface area contributed by atoms with Crippen molar-refractivity contribution in [3.8, 4) is 77.9 Å². The molecule has 0 heterocycles. The summed E-state index contributed by atoms with van der Waals surface area (Å²) in [6.45, 7) is 0. The van der Waals surface area contributed by atoms with E-state index in [9.17, 15) is 0 Å². The Kier molecular flexibility index (Phi) is 13.1. The van der Waals surface area contributed by atoms with Gasteiger partial charge in [-0.2, -0.15) is 0 Å². The molecule has 0 bridgehead atoms. The average molecular weight is 995 g/mol. The molecule has 2 heteroatoms. The fourth-order valence-corrected chi connectivity index (χ4v) is 10.8. The number of hydrogen-bond donors (Lipinski definition) is 0. The van der Waals surface area contributed by atoms with Gasteiger partial charge in [0.25, 0.3) is 0 Å². The summed E-state index contributed by atoms with van der Waals surface area (Å²) in [5.41, 5.74) is 23.1. The monoisotopic (exact) mass is 994 g/mol. The second-order valence-corrected chi connectivity index (χ2v) is 19.7. The molecule has 13 aromatic carbocycles. The van der Waals surface area contributed by atoms with Crippen molar-refractivity contribution in [2.24, 2.45) is 0 Å². The van der Waals surface area contributed by atoms with Crippen molar-refractivity contribution in [2.75, 3.05) is 9.80 Å². The van der Waals surface area contributed by atoms with E-state index in [1.165, 1.54) is 72.0 Å². The number of benzene rings is 13. The third kappa shape index (κ3) is 9.90. The lowest BCUT2D eigenvalue weighted by Crippen LogP contribution is -2.10. The van der Waals surface area contributed by atoms with Gasteiger partial charge in [0, 0.05) is 33.8 Å².